The zero-order valence-electron chi connectivity index (χ0n) is 9.71. The Morgan fingerprint density at radius 3 is 2.47 bits per heavy atom. The lowest BCUT2D eigenvalue weighted by atomic mass is 10.0. The average molecular weight is 270 g/mol. The maximum atomic E-state index is 13.7. The van der Waals surface area contributed by atoms with Crippen molar-refractivity contribution >= 4 is 5.69 Å². The van der Waals surface area contributed by atoms with Crippen molar-refractivity contribution in [3.05, 3.63) is 48.5 Å². The molecule has 0 atom stereocenters. The minimum atomic E-state index is -4.34. The summed E-state index contributed by atoms with van der Waals surface area (Å²) in [5.41, 5.74) is 0.719. The Morgan fingerprint density at radius 1 is 1.05 bits per heavy atom. The van der Waals surface area contributed by atoms with E-state index in [2.05, 4.69) is 10.3 Å². The molecule has 0 aliphatic rings. The number of alkyl halides is 3. The van der Waals surface area contributed by atoms with Crippen LogP contribution in [0.25, 0.3) is 11.1 Å². The number of nitrogens with one attached hydrogen (secondary N) is 1. The summed E-state index contributed by atoms with van der Waals surface area (Å²) in [6, 6.07) is 7.36. The van der Waals surface area contributed by atoms with E-state index in [1.807, 2.05) is 0 Å². The van der Waals surface area contributed by atoms with Gasteiger partial charge in [-0.05, 0) is 12.1 Å². The third-order valence-electron chi connectivity index (χ3n) is 2.46. The molecule has 0 amide bonds. The van der Waals surface area contributed by atoms with Gasteiger partial charge in [0.1, 0.15) is 12.4 Å². The topological polar surface area (TPSA) is 24.9 Å². The molecule has 1 heterocycles. The smallest absolute Gasteiger partial charge is 0.375 e. The van der Waals surface area contributed by atoms with Crippen LogP contribution >= 0.6 is 0 Å². The Balaban J connectivity index is 2.34. The maximum Gasteiger partial charge on any atom is 0.405 e. The molecule has 2 rings (SSSR count). The first-order valence-electron chi connectivity index (χ1n) is 5.47. The van der Waals surface area contributed by atoms with Gasteiger partial charge in [0.25, 0.3) is 0 Å². The van der Waals surface area contributed by atoms with Crippen LogP contribution in [-0.4, -0.2) is 17.7 Å². The molecule has 1 N–H and O–H groups in total. The summed E-state index contributed by atoms with van der Waals surface area (Å²) in [4.78, 5) is 3.75. The summed E-state index contributed by atoms with van der Waals surface area (Å²) < 4.78 is 50.3. The number of benzene rings is 1. The SMILES string of the molecule is Fc1ccccc1-c1ccncc1NCC(F)(F)F. The largest absolute Gasteiger partial charge is 0.405 e. The lowest BCUT2D eigenvalue weighted by Crippen LogP contribution is -2.21. The van der Waals surface area contributed by atoms with Crippen molar-refractivity contribution in [2.75, 3.05) is 11.9 Å². The molecule has 0 bridgehead atoms. The molecule has 0 fully saturated rings. The highest BCUT2D eigenvalue weighted by molar-refractivity contribution is 5.77. The van der Waals surface area contributed by atoms with Crippen LogP contribution in [0.5, 0.6) is 0 Å². The second kappa shape index (κ2) is 5.26. The van der Waals surface area contributed by atoms with Gasteiger partial charge in [-0.25, -0.2) is 4.39 Å². The van der Waals surface area contributed by atoms with Crippen molar-refractivity contribution in [1.29, 1.82) is 0 Å². The highest BCUT2D eigenvalue weighted by atomic mass is 19.4. The normalized spacial score (nSPS) is 11.4. The molecule has 0 saturated heterocycles. The number of nitrogens with zero attached hydrogens (tertiary/aromatic N) is 1. The minimum absolute atomic E-state index is 0.143. The van der Waals surface area contributed by atoms with Crippen molar-refractivity contribution in [3.8, 4) is 11.1 Å². The zero-order valence-corrected chi connectivity index (χ0v) is 9.71. The fourth-order valence-electron chi connectivity index (χ4n) is 1.65. The monoisotopic (exact) mass is 270 g/mol. The number of pyridine rings is 1. The van der Waals surface area contributed by atoms with Crippen molar-refractivity contribution in [2.45, 2.75) is 6.18 Å². The lowest BCUT2D eigenvalue weighted by Gasteiger charge is -2.13. The van der Waals surface area contributed by atoms with Crippen LogP contribution in [0.2, 0.25) is 0 Å². The molecule has 100 valence electrons. The predicted molar refractivity (Wildman–Crippen MR) is 64.2 cm³/mol. The Hall–Kier alpha value is -2.11. The molecule has 0 aliphatic heterocycles. The predicted octanol–water partition coefficient (Wildman–Crippen LogP) is 3.86. The number of hydrogen-bond acceptors (Lipinski definition) is 2. The second-order valence-electron chi connectivity index (χ2n) is 3.87. The molecular weight excluding hydrogens is 260 g/mol. The van der Waals surface area contributed by atoms with Crippen molar-refractivity contribution in [2.24, 2.45) is 0 Å². The molecule has 2 nitrogen and oxygen atoms in total. The van der Waals surface area contributed by atoms with E-state index < -0.39 is 18.5 Å². The van der Waals surface area contributed by atoms with Gasteiger partial charge >= 0.3 is 6.18 Å². The lowest BCUT2D eigenvalue weighted by molar-refractivity contribution is -0.115. The molecule has 19 heavy (non-hydrogen) atoms. The standard InChI is InChI=1S/C13H10F4N2/c14-11-4-2-1-3-9(11)10-5-6-18-7-12(10)19-8-13(15,16)17/h1-7,19H,8H2. The molecular formula is C13H10F4N2. The average Bonchev–Trinajstić information content (AvgIpc) is 2.37. The summed E-state index contributed by atoms with van der Waals surface area (Å²) in [5.74, 6) is -0.497. The highest BCUT2D eigenvalue weighted by Crippen LogP contribution is 2.29. The van der Waals surface area contributed by atoms with E-state index in [4.69, 9.17) is 0 Å². The van der Waals surface area contributed by atoms with Gasteiger partial charge in [-0.2, -0.15) is 13.2 Å². The van der Waals surface area contributed by atoms with E-state index in [0.717, 1.165) is 0 Å². The van der Waals surface area contributed by atoms with Crippen LogP contribution in [0, 0.1) is 5.82 Å². The summed E-state index contributed by atoms with van der Waals surface area (Å²) in [6.07, 6.45) is -1.70. The van der Waals surface area contributed by atoms with Gasteiger partial charge in [0.15, 0.2) is 0 Å². The van der Waals surface area contributed by atoms with Gasteiger partial charge in [-0.1, -0.05) is 18.2 Å². The molecule has 1 aromatic carbocycles. The van der Waals surface area contributed by atoms with Gasteiger partial charge in [-0.3, -0.25) is 4.98 Å². The third kappa shape index (κ3) is 3.43. The van der Waals surface area contributed by atoms with Gasteiger partial charge in [0, 0.05) is 17.3 Å². The van der Waals surface area contributed by atoms with Crippen molar-refractivity contribution in [3.63, 3.8) is 0 Å². The summed E-state index contributed by atoms with van der Waals surface area (Å²) >= 11 is 0. The van der Waals surface area contributed by atoms with Crippen molar-refractivity contribution in [1.82, 2.24) is 4.98 Å². The van der Waals surface area contributed by atoms with Gasteiger partial charge in [0.2, 0.25) is 0 Å². The van der Waals surface area contributed by atoms with E-state index >= 15 is 0 Å². The van der Waals surface area contributed by atoms with Gasteiger partial charge in [-0.15, -0.1) is 0 Å². The number of halogens is 4. The third-order valence-corrected chi connectivity index (χ3v) is 2.46. The molecule has 0 saturated carbocycles. The summed E-state index contributed by atoms with van der Waals surface area (Å²) in [6.45, 7) is -1.19. The Bertz CT molecular complexity index is 567. The second-order valence-corrected chi connectivity index (χ2v) is 3.87. The molecule has 2 aromatic rings. The molecule has 6 heteroatoms. The summed E-state index contributed by atoms with van der Waals surface area (Å²) in [7, 11) is 0. The quantitative estimate of drug-likeness (QED) is 0.856. The van der Waals surface area contributed by atoms with Crippen LogP contribution in [-0.2, 0) is 0 Å². The van der Waals surface area contributed by atoms with E-state index in [9.17, 15) is 17.6 Å². The fraction of sp³-hybridized carbons (Fsp3) is 0.154. The first-order valence-corrected chi connectivity index (χ1v) is 5.47. The minimum Gasteiger partial charge on any atom is -0.375 e. The molecule has 0 radical (unpaired) electrons. The van der Waals surface area contributed by atoms with E-state index in [1.54, 1.807) is 6.07 Å². The van der Waals surface area contributed by atoms with Gasteiger partial charge in [0.05, 0.1) is 11.9 Å². The Labute approximate surface area is 107 Å². The number of hydrogen-bond donors (Lipinski definition) is 1. The fourth-order valence-corrected chi connectivity index (χ4v) is 1.65. The molecule has 0 spiro atoms. The molecule has 0 aliphatic carbocycles. The van der Waals surface area contributed by atoms with E-state index in [1.165, 1.54) is 36.7 Å². The maximum absolute atomic E-state index is 13.7. The van der Waals surface area contributed by atoms with Crippen LogP contribution in [0.4, 0.5) is 23.2 Å². The van der Waals surface area contributed by atoms with E-state index in [0.29, 0.717) is 5.56 Å². The summed E-state index contributed by atoms with van der Waals surface area (Å²) in [5, 5.41) is 2.22. The first-order chi connectivity index (χ1) is 8.97. The van der Waals surface area contributed by atoms with E-state index in [-0.39, 0.29) is 11.3 Å². The van der Waals surface area contributed by atoms with Crippen LogP contribution < -0.4 is 5.32 Å². The Kier molecular flexibility index (Phi) is 3.69. The van der Waals surface area contributed by atoms with Crippen LogP contribution in [0.15, 0.2) is 42.7 Å². The highest BCUT2D eigenvalue weighted by Gasteiger charge is 2.27. The number of aromatic nitrogens is 1. The van der Waals surface area contributed by atoms with Gasteiger partial charge < -0.3 is 5.32 Å². The van der Waals surface area contributed by atoms with Crippen LogP contribution in [0.1, 0.15) is 0 Å². The Morgan fingerprint density at radius 2 is 1.79 bits per heavy atom. The van der Waals surface area contributed by atoms with Crippen LogP contribution in [0.3, 0.4) is 0 Å². The molecule has 1 aromatic heterocycles. The zero-order chi connectivity index (χ0) is 13.9. The number of rotatable bonds is 3. The first kappa shape index (κ1) is 13.3. The van der Waals surface area contributed by atoms with Crippen molar-refractivity contribution < 1.29 is 17.6 Å². The molecule has 0 unspecified atom stereocenters. The number of anilines is 1.